The molecule has 0 radical (unpaired) electrons. The van der Waals surface area contributed by atoms with Crippen LogP contribution in [-0.4, -0.2) is 46.8 Å². The molecule has 0 N–H and O–H groups in total. The van der Waals surface area contributed by atoms with Crippen molar-refractivity contribution in [2.75, 3.05) is 26.2 Å². The molecule has 0 atom stereocenters. The van der Waals surface area contributed by atoms with Crippen molar-refractivity contribution >= 4 is 23.2 Å². The number of benzene rings is 2. The highest BCUT2D eigenvalue weighted by molar-refractivity contribution is 6.32. The van der Waals surface area contributed by atoms with Gasteiger partial charge >= 0.3 is 0 Å². The minimum absolute atomic E-state index is 0.00988. The number of nitro benzene ring substituents is 1. The average Bonchev–Trinajstić information content (AvgIpc) is 2.64. The molecule has 1 amide bonds. The SMILES string of the molecule is O=C(c1ccc(Cl)c([N+](=O)[O-])c1)N1CCN(Cc2ccc(F)cc2)CC1. The maximum Gasteiger partial charge on any atom is 0.288 e. The standard InChI is InChI=1S/C18H17ClFN3O3/c19-16-6-3-14(11-17(16)23(25)26)18(24)22-9-7-21(8-10-22)12-13-1-4-15(20)5-2-13/h1-6,11H,7-10,12H2. The second kappa shape index (κ2) is 7.80. The monoisotopic (exact) mass is 377 g/mol. The van der Waals surface area contributed by atoms with Gasteiger partial charge in [-0.25, -0.2) is 4.39 Å². The quantitative estimate of drug-likeness (QED) is 0.605. The molecule has 1 saturated heterocycles. The average molecular weight is 378 g/mol. The number of carbonyl (C=O) groups is 1. The van der Waals surface area contributed by atoms with Gasteiger partial charge in [0.25, 0.3) is 11.6 Å². The Balaban J connectivity index is 1.61. The van der Waals surface area contributed by atoms with Crippen LogP contribution in [0.3, 0.4) is 0 Å². The zero-order valence-electron chi connectivity index (χ0n) is 13.9. The van der Waals surface area contributed by atoms with Crippen LogP contribution in [0.15, 0.2) is 42.5 Å². The van der Waals surface area contributed by atoms with Gasteiger partial charge in [0.05, 0.1) is 4.92 Å². The van der Waals surface area contributed by atoms with Gasteiger partial charge in [-0.05, 0) is 29.8 Å². The lowest BCUT2D eigenvalue weighted by atomic mass is 10.1. The molecule has 1 aliphatic rings. The first-order valence-electron chi connectivity index (χ1n) is 8.14. The van der Waals surface area contributed by atoms with E-state index < -0.39 is 4.92 Å². The van der Waals surface area contributed by atoms with Crippen LogP contribution in [0.4, 0.5) is 10.1 Å². The largest absolute Gasteiger partial charge is 0.336 e. The lowest BCUT2D eigenvalue weighted by molar-refractivity contribution is -0.384. The van der Waals surface area contributed by atoms with Crippen LogP contribution in [0.5, 0.6) is 0 Å². The third-order valence-corrected chi connectivity index (χ3v) is 4.69. The van der Waals surface area contributed by atoms with Gasteiger partial charge in [0.2, 0.25) is 0 Å². The van der Waals surface area contributed by atoms with Crippen molar-refractivity contribution in [3.63, 3.8) is 0 Å². The summed E-state index contributed by atoms with van der Waals surface area (Å²) in [6.45, 7) is 3.10. The summed E-state index contributed by atoms with van der Waals surface area (Å²) in [5.74, 6) is -0.507. The predicted octanol–water partition coefficient (Wildman–Crippen LogP) is 3.35. The Hall–Kier alpha value is -2.51. The van der Waals surface area contributed by atoms with Crippen molar-refractivity contribution in [1.29, 1.82) is 0 Å². The molecule has 2 aromatic carbocycles. The van der Waals surface area contributed by atoms with E-state index in [2.05, 4.69) is 4.90 Å². The summed E-state index contributed by atoms with van der Waals surface area (Å²) in [6, 6.07) is 10.5. The van der Waals surface area contributed by atoms with Crippen LogP contribution < -0.4 is 0 Å². The number of nitro groups is 1. The number of nitrogens with zero attached hydrogens (tertiary/aromatic N) is 3. The molecule has 0 saturated carbocycles. The normalized spacial score (nSPS) is 15.1. The molecule has 2 aromatic rings. The van der Waals surface area contributed by atoms with Gasteiger partial charge < -0.3 is 4.90 Å². The molecule has 0 spiro atoms. The minimum Gasteiger partial charge on any atom is -0.336 e. The van der Waals surface area contributed by atoms with E-state index in [1.165, 1.54) is 30.3 Å². The van der Waals surface area contributed by atoms with Crippen molar-refractivity contribution in [2.45, 2.75) is 6.54 Å². The van der Waals surface area contributed by atoms with Crippen LogP contribution in [0.1, 0.15) is 15.9 Å². The van der Waals surface area contributed by atoms with E-state index in [0.717, 1.165) is 5.56 Å². The van der Waals surface area contributed by atoms with Crippen molar-refractivity contribution in [3.05, 3.63) is 74.5 Å². The summed E-state index contributed by atoms with van der Waals surface area (Å²) in [5, 5.41) is 11.0. The fourth-order valence-corrected chi connectivity index (χ4v) is 3.11. The molecule has 136 valence electrons. The van der Waals surface area contributed by atoms with Gasteiger partial charge in [-0.1, -0.05) is 23.7 Å². The summed E-state index contributed by atoms with van der Waals surface area (Å²) in [7, 11) is 0. The molecule has 1 heterocycles. The maximum atomic E-state index is 13.0. The molecule has 0 unspecified atom stereocenters. The molecular weight excluding hydrogens is 361 g/mol. The Labute approximate surface area is 154 Å². The lowest BCUT2D eigenvalue weighted by Gasteiger charge is -2.34. The molecule has 1 aliphatic heterocycles. The topological polar surface area (TPSA) is 66.7 Å². The second-order valence-corrected chi connectivity index (χ2v) is 6.53. The molecule has 3 rings (SSSR count). The summed E-state index contributed by atoms with van der Waals surface area (Å²) in [4.78, 5) is 26.8. The van der Waals surface area contributed by atoms with Gasteiger partial charge in [-0.3, -0.25) is 19.8 Å². The van der Waals surface area contributed by atoms with Gasteiger partial charge in [0, 0.05) is 44.4 Å². The van der Waals surface area contributed by atoms with E-state index in [1.807, 2.05) is 0 Å². The van der Waals surface area contributed by atoms with E-state index in [9.17, 15) is 19.3 Å². The Morgan fingerprint density at radius 2 is 1.77 bits per heavy atom. The number of amides is 1. The van der Waals surface area contributed by atoms with Gasteiger partial charge in [-0.2, -0.15) is 0 Å². The van der Waals surface area contributed by atoms with Crippen molar-refractivity contribution < 1.29 is 14.1 Å². The first-order valence-corrected chi connectivity index (χ1v) is 8.52. The number of halogens is 2. The molecule has 0 aromatic heterocycles. The van der Waals surface area contributed by atoms with Gasteiger partial charge in [-0.15, -0.1) is 0 Å². The molecule has 0 bridgehead atoms. The van der Waals surface area contributed by atoms with E-state index in [-0.39, 0.29) is 28.0 Å². The van der Waals surface area contributed by atoms with Crippen molar-refractivity contribution in [3.8, 4) is 0 Å². The summed E-state index contributed by atoms with van der Waals surface area (Å²) in [5.41, 5.74) is 1.00. The Morgan fingerprint density at radius 3 is 2.38 bits per heavy atom. The Kier molecular flexibility index (Phi) is 5.49. The first-order chi connectivity index (χ1) is 12.4. The molecule has 1 fully saturated rings. The van der Waals surface area contributed by atoms with Crippen LogP contribution in [0.2, 0.25) is 5.02 Å². The highest BCUT2D eigenvalue weighted by Crippen LogP contribution is 2.26. The summed E-state index contributed by atoms with van der Waals surface area (Å²) >= 11 is 5.79. The zero-order valence-corrected chi connectivity index (χ0v) is 14.7. The van der Waals surface area contributed by atoms with Crippen molar-refractivity contribution in [2.24, 2.45) is 0 Å². The summed E-state index contributed by atoms with van der Waals surface area (Å²) in [6.07, 6.45) is 0. The summed E-state index contributed by atoms with van der Waals surface area (Å²) < 4.78 is 13.0. The minimum atomic E-state index is -0.597. The highest BCUT2D eigenvalue weighted by atomic mass is 35.5. The third kappa shape index (κ3) is 4.17. The fraction of sp³-hybridized carbons (Fsp3) is 0.278. The predicted molar refractivity (Wildman–Crippen MR) is 95.7 cm³/mol. The van der Waals surface area contributed by atoms with Crippen LogP contribution in [-0.2, 0) is 6.54 Å². The molecular formula is C18H17ClFN3O3. The molecule has 0 aliphatic carbocycles. The van der Waals surface area contributed by atoms with Crippen LogP contribution in [0.25, 0.3) is 0 Å². The second-order valence-electron chi connectivity index (χ2n) is 6.12. The third-order valence-electron chi connectivity index (χ3n) is 4.37. The molecule has 26 heavy (non-hydrogen) atoms. The van der Waals surface area contributed by atoms with Crippen LogP contribution in [0, 0.1) is 15.9 Å². The Bertz CT molecular complexity index is 821. The fourth-order valence-electron chi connectivity index (χ4n) is 2.93. The highest BCUT2D eigenvalue weighted by Gasteiger charge is 2.24. The first kappa shape index (κ1) is 18.3. The Morgan fingerprint density at radius 1 is 1.12 bits per heavy atom. The number of hydrogen-bond donors (Lipinski definition) is 0. The van der Waals surface area contributed by atoms with Crippen LogP contribution >= 0.6 is 11.6 Å². The maximum absolute atomic E-state index is 13.0. The lowest BCUT2D eigenvalue weighted by Crippen LogP contribution is -2.48. The molecule has 6 nitrogen and oxygen atoms in total. The number of hydrogen-bond acceptors (Lipinski definition) is 4. The van der Waals surface area contributed by atoms with E-state index in [4.69, 9.17) is 11.6 Å². The number of piperazine rings is 1. The van der Waals surface area contributed by atoms with E-state index in [0.29, 0.717) is 32.7 Å². The van der Waals surface area contributed by atoms with Gasteiger partial charge in [0.15, 0.2) is 0 Å². The van der Waals surface area contributed by atoms with E-state index in [1.54, 1.807) is 17.0 Å². The van der Waals surface area contributed by atoms with E-state index >= 15 is 0 Å². The van der Waals surface area contributed by atoms with Crippen molar-refractivity contribution in [1.82, 2.24) is 9.80 Å². The number of carbonyl (C=O) groups excluding carboxylic acids is 1. The van der Waals surface area contributed by atoms with Gasteiger partial charge in [0.1, 0.15) is 10.8 Å². The molecule has 8 heteroatoms. The smallest absolute Gasteiger partial charge is 0.288 e. The zero-order chi connectivity index (χ0) is 18.7. The number of rotatable bonds is 4.